The number of carbonyl (C=O) groups is 2. The number of thiazole rings is 1. The van der Waals surface area contributed by atoms with Gasteiger partial charge in [0.25, 0.3) is 5.91 Å². The number of aromatic hydroxyl groups is 1. The molecule has 0 saturated heterocycles. The van der Waals surface area contributed by atoms with Gasteiger partial charge in [-0.3, -0.25) is 14.5 Å². The van der Waals surface area contributed by atoms with Crippen molar-refractivity contribution in [3.63, 3.8) is 0 Å². The highest BCUT2D eigenvalue weighted by molar-refractivity contribution is 7.22. The molecule has 0 spiro atoms. The maximum Gasteiger partial charge on any atom is 0.296 e. The molecule has 2 aromatic heterocycles. The number of amides is 1. The minimum Gasteiger partial charge on any atom is -0.508 e. The van der Waals surface area contributed by atoms with Crippen molar-refractivity contribution in [1.29, 1.82) is 0 Å². The predicted octanol–water partition coefficient (Wildman–Crippen LogP) is 5.34. The van der Waals surface area contributed by atoms with E-state index >= 15 is 0 Å². The first kappa shape index (κ1) is 20.3. The van der Waals surface area contributed by atoms with Gasteiger partial charge in [0.15, 0.2) is 16.7 Å². The molecule has 0 aliphatic carbocycles. The highest BCUT2D eigenvalue weighted by Gasteiger charge is 2.46. The first-order chi connectivity index (χ1) is 15.3. The number of phenolic OH excluding ortho intramolecular Hbond substituents is 1. The number of nitrogens with zero attached hydrogens (tertiary/aromatic N) is 2. The normalized spacial score (nSPS) is 16.4. The quantitative estimate of drug-likeness (QED) is 0.393. The van der Waals surface area contributed by atoms with Crippen LogP contribution in [0.15, 0.2) is 70.3 Å². The number of aliphatic hydroxyl groups excluding tert-OH is 1. The van der Waals surface area contributed by atoms with E-state index in [1.165, 1.54) is 34.4 Å². The molecular formula is C23H15ClN2O5S. The van der Waals surface area contributed by atoms with Crippen LogP contribution in [0.4, 0.5) is 5.13 Å². The van der Waals surface area contributed by atoms with Crippen LogP contribution in [0.25, 0.3) is 10.2 Å². The third-order valence-corrected chi connectivity index (χ3v) is 6.40. The Morgan fingerprint density at radius 2 is 1.97 bits per heavy atom. The van der Waals surface area contributed by atoms with Crippen molar-refractivity contribution >= 4 is 50.0 Å². The van der Waals surface area contributed by atoms with Crippen molar-refractivity contribution < 1.29 is 24.2 Å². The van der Waals surface area contributed by atoms with E-state index in [1.54, 1.807) is 43.3 Å². The highest BCUT2D eigenvalue weighted by Crippen LogP contribution is 2.44. The third kappa shape index (κ3) is 3.24. The molecule has 3 heterocycles. The number of fused-ring (bicyclic) bond motifs is 1. The summed E-state index contributed by atoms with van der Waals surface area (Å²) < 4.78 is 6.20. The van der Waals surface area contributed by atoms with Gasteiger partial charge in [0.2, 0.25) is 5.78 Å². The number of Topliss-reactive ketones (excluding diaryl/α,β-unsaturated/α-hetero) is 1. The van der Waals surface area contributed by atoms with Gasteiger partial charge < -0.3 is 14.6 Å². The van der Waals surface area contributed by atoms with Crippen molar-refractivity contribution in [2.75, 3.05) is 4.90 Å². The van der Waals surface area contributed by atoms with E-state index in [1.807, 2.05) is 0 Å². The lowest BCUT2D eigenvalue weighted by Crippen LogP contribution is -2.30. The second-order valence-corrected chi connectivity index (χ2v) is 8.73. The summed E-state index contributed by atoms with van der Waals surface area (Å²) in [6, 6.07) is 13.4. The maximum atomic E-state index is 13.3. The fraction of sp³-hybridized carbons (Fsp3) is 0.0870. The molecule has 2 aromatic carbocycles. The lowest BCUT2D eigenvalue weighted by Gasteiger charge is -2.24. The summed E-state index contributed by atoms with van der Waals surface area (Å²) in [5.74, 6) is -1.60. The second-order valence-electron chi connectivity index (χ2n) is 7.28. The summed E-state index contributed by atoms with van der Waals surface area (Å²) >= 11 is 7.29. The Balaban J connectivity index is 1.69. The molecule has 5 rings (SSSR count). The molecule has 1 amide bonds. The van der Waals surface area contributed by atoms with E-state index in [4.69, 9.17) is 16.0 Å². The molecule has 1 aliphatic rings. The average molecular weight is 467 g/mol. The predicted molar refractivity (Wildman–Crippen MR) is 120 cm³/mol. The smallest absolute Gasteiger partial charge is 0.296 e. The number of anilines is 1. The minimum atomic E-state index is -1.01. The Labute approximate surface area is 190 Å². The van der Waals surface area contributed by atoms with Crippen LogP contribution in [-0.4, -0.2) is 26.9 Å². The zero-order chi connectivity index (χ0) is 22.6. The summed E-state index contributed by atoms with van der Waals surface area (Å²) in [6.45, 7) is 1.69. The van der Waals surface area contributed by atoms with E-state index in [-0.39, 0.29) is 22.2 Å². The van der Waals surface area contributed by atoms with Gasteiger partial charge in [0, 0.05) is 5.02 Å². The number of hydrogen-bond acceptors (Lipinski definition) is 7. The highest BCUT2D eigenvalue weighted by atomic mass is 35.5. The van der Waals surface area contributed by atoms with Gasteiger partial charge in [0.05, 0.1) is 21.8 Å². The second kappa shape index (κ2) is 7.51. The number of furan rings is 1. The standard InChI is InChI=1S/C23H15ClN2O5S/c1-11-5-8-16(31-11)20(28)18-19(12-3-2-4-14(27)9-12)26(22(30)21(18)29)23-25-15-7-6-13(24)10-17(15)32-23/h2-10,19,27,29H,1H3. The van der Waals surface area contributed by atoms with Crippen molar-refractivity contribution in [2.45, 2.75) is 13.0 Å². The van der Waals surface area contributed by atoms with Crippen LogP contribution < -0.4 is 4.90 Å². The number of ketones is 1. The Morgan fingerprint density at radius 3 is 2.69 bits per heavy atom. The number of hydrogen-bond donors (Lipinski definition) is 2. The number of aromatic nitrogens is 1. The van der Waals surface area contributed by atoms with E-state index in [0.29, 0.717) is 21.9 Å². The van der Waals surface area contributed by atoms with Crippen LogP contribution in [0.5, 0.6) is 5.75 Å². The van der Waals surface area contributed by atoms with Crippen LogP contribution >= 0.6 is 22.9 Å². The Morgan fingerprint density at radius 1 is 1.16 bits per heavy atom. The van der Waals surface area contributed by atoms with Crippen molar-refractivity contribution in [3.05, 3.63) is 88.0 Å². The van der Waals surface area contributed by atoms with Gasteiger partial charge in [0.1, 0.15) is 11.5 Å². The van der Waals surface area contributed by atoms with E-state index in [9.17, 15) is 19.8 Å². The molecule has 32 heavy (non-hydrogen) atoms. The molecule has 0 fully saturated rings. The molecular weight excluding hydrogens is 452 g/mol. The number of halogens is 1. The molecule has 160 valence electrons. The molecule has 2 N–H and O–H groups in total. The molecule has 7 nitrogen and oxygen atoms in total. The van der Waals surface area contributed by atoms with Crippen LogP contribution in [-0.2, 0) is 4.79 Å². The van der Waals surface area contributed by atoms with Gasteiger partial charge in [-0.15, -0.1) is 0 Å². The first-order valence-corrected chi connectivity index (χ1v) is 10.8. The first-order valence-electron chi connectivity index (χ1n) is 9.56. The van der Waals surface area contributed by atoms with Crippen LogP contribution in [0.3, 0.4) is 0 Å². The zero-order valence-electron chi connectivity index (χ0n) is 16.6. The van der Waals surface area contributed by atoms with Gasteiger partial charge in [-0.05, 0) is 55.0 Å². The van der Waals surface area contributed by atoms with Crippen LogP contribution in [0.1, 0.15) is 27.9 Å². The number of benzene rings is 2. The molecule has 0 radical (unpaired) electrons. The lowest BCUT2D eigenvalue weighted by atomic mass is 9.95. The number of aryl methyl sites for hydroxylation is 1. The lowest BCUT2D eigenvalue weighted by molar-refractivity contribution is -0.117. The van der Waals surface area contributed by atoms with Crippen molar-refractivity contribution in [1.82, 2.24) is 4.98 Å². The third-order valence-electron chi connectivity index (χ3n) is 5.15. The summed E-state index contributed by atoms with van der Waals surface area (Å²) in [6.07, 6.45) is 0. The Bertz CT molecular complexity index is 1440. The minimum absolute atomic E-state index is 0.0000604. The van der Waals surface area contributed by atoms with Gasteiger partial charge >= 0.3 is 0 Å². The number of rotatable bonds is 4. The fourth-order valence-electron chi connectivity index (χ4n) is 3.72. The monoisotopic (exact) mass is 466 g/mol. The van der Waals surface area contributed by atoms with Gasteiger partial charge in [-0.25, -0.2) is 4.98 Å². The summed E-state index contributed by atoms with van der Waals surface area (Å²) in [5, 5.41) is 21.6. The molecule has 9 heteroatoms. The molecule has 1 atom stereocenters. The van der Waals surface area contributed by atoms with Gasteiger partial charge in [-0.1, -0.05) is 35.1 Å². The molecule has 0 bridgehead atoms. The molecule has 0 saturated carbocycles. The number of phenols is 1. The van der Waals surface area contributed by atoms with Crippen molar-refractivity contribution in [2.24, 2.45) is 0 Å². The van der Waals surface area contributed by atoms with Crippen molar-refractivity contribution in [3.8, 4) is 5.75 Å². The largest absolute Gasteiger partial charge is 0.508 e. The van der Waals surface area contributed by atoms with E-state index < -0.39 is 23.5 Å². The number of aliphatic hydroxyl groups is 1. The molecule has 4 aromatic rings. The summed E-state index contributed by atoms with van der Waals surface area (Å²) in [4.78, 5) is 32.2. The number of carbonyl (C=O) groups excluding carboxylic acids is 2. The average Bonchev–Trinajstić information content (AvgIpc) is 3.44. The van der Waals surface area contributed by atoms with E-state index in [0.717, 1.165) is 4.70 Å². The molecule has 1 aliphatic heterocycles. The van der Waals surface area contributed by atoms with E-state index in [2.05, 4.69) is 4.98 Å². The summed E-state index contributed by atoms with van der Waals surface area (Å²) in [5.41, 5.74) is 0.913. The Hall–Kier alpha value is -3.62. The topological polar surface area (TPSA) is 104 Å². The maximum absolute atomic E-state index is 13.3. The zero-order valence-corrected chi connectivity index (χ0v) is 18.1. The van der Waals surface area contributed by atoms with Gasteiger partial charge in [-0.2, -0.15) is 0 Å². The fourth-order valence-corrected chi connectivity index (χ4v) is 4.99. The molecule has 1 unspecified atom stereocenters. The SMILES string of the molecule is Cc1ccc(C(=O)C2=C(O)C(=O)N(c3nc4ccc(Cl)cc4s3)C2c2cccc(O)c2)o1. The van der Waals surface area contributed by atoms with Crippen LogP contribution in [0, 0.1) is 6.92 Å². The summed E-state index contributed by atoms with van der Waals surface area (Å²) in [7, 11) is 0. The Kier molecular flexibility index (Phi) is 4.76. The van der Waals surface area contributed by atoms with Crippen LogP contribution in [0.2, 0.25) is 5.02 Å².